The second kappa shape index (κ2) is 6.46. The number of nitrogens with one attached hydrogen (secondary N) is 2. The zero-order chi connectivity index (χ0) is 16.2. The van der Waals surface area contributed by atoms with Gasteiger partial charge in [0, 0.05) is 11.6 Å². The first-order valence-electron chi connectivity index (χ1n) is 6.86. The van der Waals surface area contributed by atoms with E-state index in [2.05, 4.69) is 15.8 Å². The van der Waals surface area contributed by atoms with Gasteiger partial charge in [-0.1, -0.05) is 41.9 Å². The molecule has 0 bridgehead atoms. The second-order valence-corrected chi connectivity index (χ2v) is 5.17. The van der Waals surface area contributed by atoms with E-state index in [9.17, 15) is 9.59 Å². The number of para-hydroxylation sites is 1. The molecule has 0 radical (unpaired) electrons. The van der Waals surface area contributed by atoms with E-state index in [-0.39, 0.29) is 5.56 Å². The molecule has 3 aromatic rings. The number of hydrazine groups is 1. The maximum absolute atomic E-state index is 12.3. The van der Waals surface area contributed by atoms with Crippen LogP contribution in [-0.2, 0) is 0 Å². The summed E-state index contributed by atoms with van der Waals surface area (Å²) in [6.45, 7) is 0. The normalized spacial score (nSPS) is 10.3. The summed E-state index contributed by atoms with van der Waals surface area (Å²) in [7, 11) is 0. The Hall–Kier alpha value is -2.92. The monoisotopic (exact) mass is 325 g/mol. The van der Waals surface area contributed by atoms with Crippen molar-refractivity contribution in [3.63, 3.8) is 0 Å². The fourth-order valence-electron chi connectivity index (χ4n) is 2.19. The summed E-state index contributed by atoms with van der Waals surface area (Å²) in [6.07, 6.45) is 1.55. The fourth-order valence-corrected chi connectivity index (χ4v) is 2.41. The Morgan fingerprint density at radius 2 is 1.48 bits per heavy atom. The molecule has 1 aromatic heterocycles. The van der Waals surface area contributed by atoms with Gasteiger partial charge in [0.25, 0.3) is 11.8 Å². The number of carbonyl (C=O) groups excluding carboxylic acids is 2. The van der Waals surface area contributed by atoms with Crippen molar-refractivity contribution < 1.29 is 9.59 Å². The molecule has 23 heavy (non-hydrogen) atoms. The summed E-state index contributed by atoms with van der Waals surface area (Å²) in [4.78, 5) is 28.5. The van der Waals surface area contributed by atoms with Crippen LogP contribution in [0.15, 0.2) is 60.8 Å². The summed E-state index contributed by atoms with van der Waals surface area (Å²) in [5, 5.41) is 1.02. The van der Waals surface area contributed by atoms with Gasteiger partial charge >= 0.3 is 0 Å². The predicted molar refractivity (Wildman–Crippen MR) is 88.1 cm³/mol. The standard InChI is InChI=1S/C17H12ClN3O2/c18-14-7-3-1-6-13(14)17(23)21-20-16(22)12-9-10-19-15-8-4-2-5-11(12)15/h1-10H,(H,20,22)(H,21,23). The third-order valence-electron chi connectivity index (χ3n) is 3.30. The average Bonchev–Trinajstić information content (AvgIpc) is 2.59. The molecule has 0 saturated heterocycles. The van der Waals surface area contributed by atoms with Crippen molar-refractivity contribution >= 4 is 34.3 Å². The Morgan fingerprint density at radius 3 is 2.26 bits per heavy atom. The predicted octanol–water partition coefficient (Wildman–Crippen LogP) is 2.96. The minimum absolute atomic E-state index is 0.286. The van der Waals surface area contributed by atoms with Gasteiger partial charge in [0.2, 0.25) is 0 Å². The molecule has 0 spiro atoms. The highest BCUT2D eigenvalue weighted by Gasteiger charge is 2.13. The minimum atomic E-state index is -0.484. The quantitative estimate of drug-likeness (QED) is 0.712. The number of aromatic nitrogens is 1. The Balaban J connectivity index is 1.77. The van der Waals surface area contributed by atoms with Gasteiger partial charge in [0.15, 0.2) is 0 Å². The number of benzene rings is 2. The average molecular weight is 326 g/mol. The summed E-state index contributed by atoms with van der Waals surface area (Å²) in [5.41, 5.74) is 6.17. The van der Waals surface area contributed by atoms with Gasteiger partial charge < -0.3 is 0 Å². The maximum atomic E-state index is 12.3. The molecule has 2 amide bonds. The van der Waals surface area contributed by atoms with Crippen LogP contribution < -0.4 is 10.9 Å². The number of nitrogens with zero attached hydrogens (tertiary/aromatic N) is 1. The fraction of sp³-hybridized carbons (Fsp3) is 0. The van der Waals surface area contributed by atoms with Gasteiger partial charge in [-0.05, 0) is 24.3 Å². The zero-order valence-electron chi connectivity index (χ0n) is 11.9. The first-order valence-corrected chi connectivity index (χ1v) is 7.23. The van der Waals surface area contributed by atoms with Crippen LogP contribution in [0.5, 0.6) is 0 Å². The van der Waals surface area contributed by atoms with Crippen molar-refractivity contribution in [2.75, 3.05) is 0 Å². The van der Waals surface area contributed by atoms with Gasteiger partial charge in [0.05, 0.1) is 21.7 Å². The maximum Gasteiger partial charge on any atom is 0.271 e. The SMILES string of the molecule is O=C(NNC(=O)c1ccnc2ccccc12)c1ccccc1Cl. The van der Waals surface area contributed by atoms with E-state index in [4.69, 9.17) is 11.6 Å². The van der Waals surface area contributed by atoms with E-state index >= 15 is 0 Å². The van der Waals surface area contributed by atoms with Gasteiger partial charge in [0.1, 0.15) is 0 Å². The van der Waals surface area contributed by atoms with Crippen LogP contribution in [0.4, 0.5) is 0 Å². The van der Waals surface area contributed by atoms with Crippen molar-refractivity contribution in [2.45, 2.75) is 0 Å². The van der Waals surface area contributed by atoms with Crippen molar-refractivity contribution in [2.24, 2.45) is 0 Å². The van der Waals surface area contributed by atoms with Crippen molar-refractivity contribution in [3.8, 4) is 0 Å². The van der Waals surface area contributed by atoms with Gasteiger partial charge in [-0.3, -0.25) is 25.4 Å². The Morgan fingerprint density at radius 1 is 0.826 bits per heavy atom. The number of amides is 2. The van der Waals surface area contributed by atoms with Gasteiger partial charge in [-0.15, -0.1) is 0 Å². The Bertz CT molecular complexity index is 890. The van der Waals surface area contributed by atoms with Crippen molar-refractivity contribution in [3.05, 3.63) is 76.9 Å². The number of fused-ring (bicyclic) bond motifs is 1. The lowest BCUT2D eigenvalue weighted by molar-refractivity contribution is 0.0847. The summed E-state index contributed by atoms with van der Waals surface area (Å²) < 4.78 is 0. The number of hydrogen-bond acceptors (Lipinski definition) is 3. The lowest BCUT2D eigenvalue weighted by Gasteiger charge is -2.09. The van der Waals surface area contributed by atoms with Crippen molar-refractivity contribution in [1.29, 1.82) is 0 Å². The topological polar surface area (TPSA) is 71.1 Å². The van der Waals surface area contributed by atoms with E-state index in [1.165, 1.54) is 0 Å². The molecule has 0 fully saturated rings. The largest absolute Gasteiger partial charge is 0.271 e. The molecule has 0 atom stereocenters. The molecule has 0 aliphatic heterocycles. The van der Waals surface area contributed by atoms with Gasteiger partial charge in [-0.2, -0.15) is 0 Å². The molecular weight excluding hydrogens is 314 g/mol. The Labute approximate surface area is 137 Å². The molecule has 0 aliphatic carbocycles. The minimum Gasteiger partial charge on any atom is -0.267 e. The molecule has 3 rings (SSSR count). The molecule has 0 aliphatic rings. The van der Waals surface area contributed by atoms with E-state index < -0.39 is 11.8 Å². The molecule has 2 N–H and O–H groups in total. The number of carbonyl (C=O) groups is 2. The smallest absolute Gasteiger partial charge is 0.267 e. The molecule has 2 aromatic carbocycles. The zero-order valence-corrected chi connectivity index (χ0v) is 12.7. The molecule has 114 valence electrons. The van der Waals surface area contributed by atoms with Crippen LogP contribution in [0.2, 0.25) is 5.02 Å². The number of rotatable bonds is 2. The summed E-state index contributed by atoms with van der Waals surface area (Å²) >= 11 is 5.95. The van der Waals surface area contributed by atoms with Crippen LogP contribution in [0, 0.1) is 0 Å². The van der Waals surface area contributed by atoms with Crippen LogP contribution in [0.25, 0.3) is 10.9 Å². The molecule has 5 nitrogen and oxygen atoms in total. The van der Waals surface area contributed by atoms with Crippen LogP contribution in [-0.4, -0.2) is 16.8 Å². The third kappa shape index (κ3) is 3.14. The second-order valence-electron chi connectivity index (χ2n) is 4.76. The van der Waals surface area contributed by atoms with E-state index in [0.717, 1.165) is 0 Å². The highest BCUT2D eigenvalue weighted by molar-refractivity contribution is 6.33. The lowest BCUT2D eigenvalue weighted by atomic mass is 10.1. The molecule has 6 heteroatoms. The molecule has 0 unspecified atom stereocenters. The number of halogens is 1. The highest BCUT2D eigenvalue weighted by Crippen LogP contribution is 2.16. The third-order valence-corrected chi connectivity index (χ3v) is 3.63. The van der Waals surface area contributed by atoms with E-state index in [1.54, 1.807) is 42.6 Å². The van der Waals surface area contributed by atoms with E-state index in [1.807, 2.05) is 18.2 Å². The van der Waals surface area contributed by atoms with Gasteiger partial charge in [-0.25, -0.2) is 0 Å². The Kier molecular flexibility index (Phi) is 4.21. The molecule has 1 heterocycles. The highest BCUT2D eigenvalue weighted by atomic mass is 35.5. The molecular formula is C17H12ClN3O2. The summed E-state index contributed by atoms with van der Waals surface area (Å²) in [5.74, 6) is -0.911. The number of pyridine rings is 1. The first kappa shape index (κ1) is 15.0. The van der Waals surface area contributed by atoms with Crippen LogP contribution >= 0.6 is 11.6 Å². The summed E-state index contributed by atoms with van der Waals surface area (Å²) in [6, 6.07) is 15.5. The van der Waals surface area contributed by atoms with Crippen LogP contribution in [0.1, 0.15) is 20.7 Å². The first-order chi connectivity index (χ1) is 11.2. The van der Waals surface area contributed by atoms with Crippen LogP contribution in [0.3, 0.4) is 0 Å². The number of hydrogen-bond donors (Lipinski definition) is 2. The van der Waals surface area contributed by atoms with E-state index in [0.29, 0.717) is 21.5 Å². The molecule has 0 saturated carbocycles. The van der Waals surface area contributed by atoms with Crippen molar-refractivity contribution in [1.82, 2.24) is 15.8 Å². The lowest BCUT2D eigenvalue weighted by Crippen LogP contribution is -2.41.